The molecular weight excluding hydrogens is 472 g/mol. The van der Waals surface area contributed by atoms with E-state index < -0.39 is 0 Å². The molecule has 2 aliphatic rings. The van der Waals surface area contributed by atoms with Crippen molar-refractivity contribution in [1.29, 1.82) is 0 Å². The Morgan fingerprint density at radius 2 is 1.73 bits per heavy atom. The van der Waals surface area contributed by atoms with Crippen molar-refractivity contribution in [3.8, 4) is 16.9 Å². The number of rotatable bonds is 6. The number of aryl methyl sites for hydroxylation is 1. The Bertz CT molecular complexity index is 1310. The molecule has 4 heteroatoms. The van der Waals surface area contributed by atoms with Crippen LogP contribution >= 0.6 is 11.8 Å². The fraction of sp³-hybridized carbons (Fsp3) is 0.424. The molecule has 0 saturated carbocycles. The average Bonchev–Trinajstić information content (AvgIpc) is 3.33. The second-order valence-electron chi connectivity index (χ2n) is 11.9. The van der Waals surface area contributed by atoms with Crippen LogP contribution in [0.15, 0.2) is 59.6 Å². The maximum atomic E-state index is 5.87. The number of ether oxygens (including phenoxy) is 1. The van der Waals surface area contributed by atoms with Crippen molar-refractivity contribution in [2.45, 2.75) is 64.7 Å². The van der Waals surface area contributed by atoms with Crippen LogP contribution in [0.2, 0.25) is 0 Å². The first-order valence-electron chi connectivity index (χ1n) is 13.5. The highest BCUT2D eigenvalue weighted by Crippen LogP contribution is 2.48. The minimum Gasteiger partial charge on any atom is -0.496 e. The number of nitrogens with zero attached hydrogens (tertiary/aromatic N) is 2. The molecule has 3 aromatic rings. The summed E-state index contributed by atoms with van der Waals surface area (Å²) in [6.07, 6.45) is 7.68. The molecule has 0 N–H and O–H groups in total. The van der Waals surface area contributed by atoms with Gasteiger partial charge in [0.05, 0.1) is 7.11 Å². The van der Waals surface area contributed by atoms with E-state index >= 15 is 0 Å². The van der Waals surface area contributed by atoms with Crippen LogP contribution in [-0.2, 0) is 17.3 Å². The zero-order valence-electron chi connectivity index (χ0n) is 23.2. The molecule has 2 heterocycles. The second kappa shape index (κ2) is 10.3. The lowest BCUT2D eigenvalue weighted by molar-refractivity contribution is 0.332. The van der Waals surface area contributed by atoms with Crippen LogP contribution in [0.1, 0.15) is 68.5 Å². The van der Waals surface area contributed by atoms with Crippen molar-refractivity contribution in [2.75, 3.05) is 26.1 Å². The Hall–Kier alpha value is -2.56. The number of aromatic nitrogens is 1. The van der Waals surface area contributed by atoms with Crippen LogP contribution in [0.3, 0.4) is 0 Å². The van der Waals surface area contributed by atoms with Gasteiger partial charge in [0.15, 0.2) is 0 Å². The van der Waals surface area contributed by atoms with Crippen molar-refractivity contribution >= 4 is 17.8 Å². The van der Waals surface area contributed by atoms with Gasteiger partial charge in [0.25, 0.3) is 0 Å². The minimum atomic E-state index is 0.180. The molecule has 1 aromatic heterocycles. The molecule has 0 spiro atoms. The van der Waals surface area contributed by atoms with Crippen LogP contribution < -0.4 is 4.74 Å². The maximum absolute atomic E-state index is 5.87. The summed E-state index contributed by atoms with van der Waals surface area (Å²) in [5.74, 6) is 1.98. The van der Waals surface area contributed by atoms with E-state index in [1.807, 2.05) is 24.0 Å². The molecule has 194 valence electrons. The molecule has 3 nitrogen and oxygen atoms in total. The quantitative estimate of drug-likeness (QED) is 0.334. The monoisotopic (exact) mass is 512 g/mol. The SMILES string of the molecule is COc1ccc(C=C2CN(CCc3ccccn3)CS2)cc1-c1cc2c(cc1C)C(C)(C)CCC2(C)C. The summed E-state index contributed by atoms with van der Waals surface area (Å²) in [6, 6.07) is 17.7. The van der Waals surface area contributed by atoms with Gasteiger partial charge < -0.3 is 4.74 Å². The zero-order chi connectivity index (χ0) is 26.2. The zero-order valence-corrected chi connectivity index (χ0v) is 24.0. The van der Waals surface area contributed by atoms with E-state index in [4.69, 9.17) is 4.74 Å². The number of fused-ring (bicyclic) bond motifs is 1. The smallest absolute Gasteiger partial charge is 0.126 e. The van der Waals surface area contributed by atoms with Crippen molar-refractivity contribution in [3.05, 3.63) is 87.6 Å². The third kappa shape index (κ3) is 5.51. The van der Waals surface area contributed by atoms with Gasteiger partial charge >= 0.3 is 0 Å². The van der Waals surface area contributed by atoms with E-state index in [0.29, 0.717) is 0 Å². The Morgan fingerprint density at radius 3 is 2.43 bits per heavy atom. The molecule has 0 amide bonds. The van der Waals surface area contributed by atoms with Gasteiger partial charge in [-0.3, -0.25) is 9.88 Å². The average molecular weight is 513 g/mol. The molecule has 1 aliphatic carbocycles. The third-order valence-corrected chi connectivity index (χ3v) is 9.37. The predicted molar refractivity (Wildman–Crippen MR) is 158 cm³/mol. The molecule has 37 heavy (non-hydrogen) atoms. The highest BCUT2D eigenvalue weighted by atomic mass is 32.2. The van der Waals surface area contributed by atoms with Gasteiger partial charge in [-0.05, 0) is 94.8 Å². The van der Waals surface area contributed by atoms with E-state index in [-0.39, 0.29) is 10.8 Å². The van der Waals surface area contributed by atoms with Gasteiger partial charge in [-0.2, -0.15) is 0 Å². The first kappa shape index (κ1) is 26.1. The summed E-state index contributed by atoms with van der Waals surface area (Å²) in [4.78, 5) is 8.40. The molecule has 5 rings (SSSR count). The first-order valence-corrected chi connectivity index (χ1v) is 14.4. The number of methoxy groups -OCH3 is 1. The largest absolute Gasteiger partial charge is 0.496 e. The van der Waals surface area contributed by atoms with E-state index in [1.54, 1.807) is 7.11 Å². The fourth-order valence-electron chi connectivity index (χ4n) is 5.76. The van der Waals surface area contributed by atoms with Crippen molar-refractivity contribution in [3.63, 3.8) is 0 Å². The number of hydrogen-bond donors (Lipinski definition) is 0. The van der Waals surface area contributed by atoms with E-state index in [0.717, 1.165) is 36.8 Å². The van der Waals surface area contributed by atoms with Gasteiger partial charge in [-0.1, -0.05) is 45.9 Å². The summed E-state index contributed by atoms with van der Waals surface area (Å²) in [6.45, 7) is 13.9. The van der Waals surface area contributed by atoms with E-state index in [9.17, 15) is 0 Å². The summed E-state index contributed by atoms with van der Waals surface area (Å²) in [5, 5.41) is 0. The van der Waals surface area contributed by atoms with Gasteiger partial charge in [-0.25, -0.2) is 0 Å². The summed E-state index contributed by atoms with van der Waals surface area (Å²) in [5.41, 5.74) is 9.60. The number of pyridine rings is 1. The van der Waals surface area contributed by atoms with E-state index in [1.165, 1.54) is 51.1 Å². The third-order valence-electron chi connectivity index (χ3n) is 8.26. The van der Waals surface area contributed by atoms with Crippen LogP contribution in [0.25, 0.3) is 17.2 Å². The Balaban J connectivity index is 1.42. The lowest BCUT2D eigenvalue weighted by Crippen LogP contribution is -2.34. The molecule has 0 bridgehead atoms. The van der Waals surface area contributed by atoms with Crippen LogP contribution in [0.4, 0.5) is 0 Å². The fourth-order valence-corrected chi connectivity index (χ4v) is 6.82. The first-order chi connectivity index (χ1) is 17.7. The predicted octanol–water partition coefficient (Wildman–Crippen LogP) is 8.00. The lowest BCUT2D eigenvalue weighted by atomic mass is 9.62. The van der Waals surface area contributed by atoms with Crippen LogP contribution in [-0.4, -0.2) is 36.0 Å². The normalized spacial score (nSPS) is 19.7. The number of thioether (sulfide) groups is 1. The molecule has 1 saturated heterocycles. The molecule has 1 fully saturated rings. The molecule has 1 aliphatic heterocycles. The van der Waals surface area contributed by atoms with Gasteiger partial charge in [0.2, 0.25) is 0 Å². The number of benzene rings is 2. The second-order valence-corrected chi connectivity index (χ2v) is 13.0. The highest BCUT2D eigenvalue weighted by Gasteiger charge is 2.37. The Morgan fingerprint density at radius 1 is 0.973 bits per heavy atom. The Labute approximate surface area is 227 Å². The van der Waals surface area contributed by atoms with E-state index in [2.05, 4.69) is 93.0 Å². The highest BCUT2D eigenvalue weighted by molar-refractivity contribution is 8.03. The topological polar surface area (TPSA) is 25.4 Å². The maximum Gasteiger partial charge on any atom is 0.126 e. The van der Waals surface area contributed by atoms with Crippen molar-refractivity contribution in [1.82, 2.24) is 9.88 Å². The molecule has 0 radical (unpaired) electrons. The summed E-state index contributed by atoms with van der Waals surface area (Å²) in [7, 11) is 1.78. The lowest BCUT2D eigenvalue weighted by Gasteiger charge is -2.42. The summed E-state index contributed by atoms with van der Waals surface area (Å²) < 4.78 is 5.87. The molecule has 0 unspecified atom stereocenters. The van der Waals surface area contributed by atoms with Crippen LogP contribution in [0, 0.1) is 6.92 Å². The van der Waals surface area contributed by atoms with Gasteiger partial charge in [-0.15, -0.1) is 11.8 Å². The van der Waals surface area contributed by atoms with Crippen LogP contribution in [0.5, 0.6) is 5.75 Å². The summed E-state index contributed by atoms with van der Waals surface area (Å²) >= 11 is 1.95. The van der Waals surface area contributed by atoms with Gasteiger partial charge in [0, 0.05) is 47.7 Å². The molecular formula is C33H40N2OS. The number of hydrogen-bond acceptors (Lipinski definition) is 4. The standard InChI is InChI=1S/C33H40N2OS/c1-23-17-29-30(33(4,5)14-13-32(29,2)3)20-27(23)28-19-24(10-11-31(28)36-6)18-26-21-35(22-37-26)16-12-25-9-7-8-15-34-25/h7-11,15,17-20H,12-14,16,21-22H2,1-6H3. The minimum absolute atomic E-state index is 0.180. The van der Waals surface area contributed by atoms with Crippen molar-refractivity contribution < 1.29 is 4.74 Å². The van der Waals surface area contributed by atoms with Crippen molar-refractivity contribution in [2.24, 2.45) is 0 Å². The Kier molecular flexibility index (Phi) is 7.26. The molecule has 0 atom stereocenters. The van der Waals surface area contributed by atoms with Gasteiger partial charge in [0.1, 0.15) is 5.75 Å². The molecule has 2 aromatic carbocycles.